The van der Waals surface area contributed by atoms with Crippen LogP contribution in [0.2, 0.25) is 10.0 Å². The molecule has 4 aromatic rings. The monoisotopic (exact) mass is 559 g/mol. The lowest BCUT2D eigenvalue weighted by atomic mass is 10.1. The fourth-order valence-electron chi connectivity index (χ4n) is 3.54. The van der Waals surface area contributed by atoms with Gasteiger partial charge in [-0.3, -0.25) is 24.8 Å². The highest BCUT2D eigenvalue weighted by Crippen LogP contribution is 2.39. The summed E-state index contributed by atoms with van der Waals surface area (Å²) in [6, 6.07) is 18.1. The van der Waals surface area contributed by atoms with Gasteiger partial charge in [0.05, 0.1) is 9.95 Å². The van der Waals surface area contributed by atoms with Crippen LogP contribution in [0.3, 0.4) is 0 Å². The molecule has 4 rings (SSSR count). The van der Waals surface area contributed by atoms with Crippen molar-refractivity contribution in [3.8, 4) is 11.4 Å². The van der Waals surface area contributed by atoms with Crippen molar-refractivity contribution in [2.45, 2.75) is 23.9 Å². The number of aryl methyl sites for hydroxylation is 1. The Labute approximate surface area is 225 Å². The summed E-state index contributed by atoms with van der Waals surface area (Å²) in [6.07, 6.45) is 0. The van der Waals surface area contributed by atoms with Crippen LogP contribution >= 0.6 is 35.0 Å². The van der Waals surface area contributed by atoms with Crippen molar-refractivity contribution in [3.63, 3.8) is 0 Å². The average molecular weight is 560 g/mol. The maximum absolute atomic E-state index is 11.5. The van der Waals surface area contributed by atoms with Crippen LogP contribution in [0, 0.1) is 27.2 Å². The predicted octanol–water partition coefficient (Wildman–Crippen LogP) is 6.48. The number of nitro benzene ring substituents is 1. The molecule has 0 saturated carbocycles. The molecule has 0 aliphatic heterocycles. The second-order valence-corrected chi connectivity index (χ2v) is 9.88. The van der Waals surface area contributed by atoms with Gasteiger partial charge >= 0.3 is 0 Å². The van der Waals surface area contributed by atoms with E-state index in [-0.39, 0.29) is 23.9 Å². The first kappa shape index (κ1) is 26.4. The number of non-ortho nitro benzene ring substituents is 1. The number of halogens is 2. The average Bonchev–Trinajstić information content (AvgIpc) is 3.23. The third-order valence-corrected chi connectivity index (χ3v) is 7.01. The van der Waals surface area contributed by atoms with E-state index in [0.29, 0.717) is 32.9 Å². The smallest absolute Gasteiger partial charge is 0.269 e. The lowest BCUT2D eigenvalue weighted by Crippen LogP contribution is -2.11. The topological polar surface area (TPSA) is 126 Å². The van der Waals surface area contributed by atoms with E-state index in [2.05, 4.69) is 10.2 Å². The van der Waals surface area contributed by atoms with E-state index in [1.165, 1.54) is 23.9 Å². The number of thioether (sulfide) groups is 1. The first-order valence-electron chi connectivity index (χ1n) is 10.8. The van der Waals surface area contributed by atoms with Crippen molar-refractivity contribution >= 4 is 40.7 Å². The molecular formula is C24H19Cl2N5O5S. The van der Waals surface area contributed by atoms with Gasteiger partial charge in [-0.1, -0.05) is 53.2 Å². The number of hydrogen-bond donors (Lipinski definition) is 0. The third-order valence-electron chi connectivity index (χ3n) is 5.29. The molecule has 0 aliphatic carbocycles. The molecule has 0 saturated heterocycles. The van der Waals surface area contributed by atoms with Crippen LogP contribution in [0.25, 0.3) is 5.69 Å². The molecule has 1 aromatic heterocycles. The fourth-order valence-corrected chi connectivity index (χ4v) is 5.07. The zero-order chi connectivity index (χ0) is 26.5. The summed E-state index contributed by atoms with van der Waals surface area (Å²) in [6.45, 7) is 1.48. The van der Waals surface area contributed by atoms with Gasteiger partial charge in [0.15, 0.2) is 5.16 Å². The van der Waals surface area contributed by atoms with Crippen molar-refractivity contribution in [3.05, 3.63) is 114 Å². The van der Waals surface area contributed by atoms with Gasteiger partial charge < -0.3 is 4.74 Å². The Bertz CT molecular complexity index is 1450. The Kier molecular flexibility index (Phi) is 8.27. The minimum absolute atomic E-state index is 0.0381. The standard InChI is InChI=1S/C24H19Cl2N5O5S/c1-15-27-28-24(30(15)19-8-6-18(25)7-9-19)37-23(13-29(32)33)17-5-10-22(21(26)12-17)36-14-16-3-2-4-20(11-16)31(34)35/h2-12,23H,13-14H2,1H3/t23-/m0/s1. The van der Waals surface area contributed by atoms with Crippen LogP contribution in [0.5, 0.6) is 5.75 Å². The second-order valence-electron chi connectivity index (χ2n) is 7.87. The fraction of sp³-hybridized carbons (Fsp3) is 0.167. The first-order valence-corrected chi connectivity index (χ1v) is 12.5. The Hall–Kier alpha value is -3.67. The summed E-state index contributed by atoms with van der Waals surface area (Å²) in [5, 5.41) is 31.5. The highest BCUT2D eigenvalue weighted by atomic mass is 35.5. The predicted molar refractivity (Wildman–Crippen MR) is 140 cm³/mol. The molecule has 0 unspecified atom stereocenters. The summed E-state index contributed by atoms with van der Waals surface area (Å²) in [7, 11) is 0. The molecule has 10 nitrogen and oxygen atoms in total. The van der Waals surface area contributed by atoms with Gasteiger partial charge in [0.2, 0.25) is 6.54 Å². The number of nitro groups is 2. The van der Waals surface area contributed by atoms with Crippen LogP contribution in [0.15, 0.2) is 71.9 Å². The van der Waals surface area contributed by atoms with E-state index in [1.807, 2.05) is 12.1 Å². The van der Waals surface area contributed by atoms with Gasteiger partial charge in [0, 0.05) is 27.8 Å². The second kappa shape index (κ2) is 11.6. The van der Waals surface area contributed by atoms with E-state index >= 15 is 0 Å². The molecule has 1 heterocycles. The maximum atomic E-state index is 11.5. The number of ether oxygens (including phenoxy) is 1. The van der Waals surface area contributed by atoms with Crippen LogP contribution in [0.1, 0.15) is 22.2 Å². The molecule has 0 fully saturated rings. The van der Waals surface area contributed by atoms with Crippen molar-refractivity contribution in [2.75, 3.05) is 6.54 Å². The number of hydrogen-bond acceptors (Lipinski definition) is 8. The van der Waals surface area contributed by atoms with Crippen molar-refractivity contribution < 1.29 is 14.6 Å². The molecule has 3 aromatic carbocycles. The molecule has 37 heavy (non-hydrogen) atoms. The van der Waals surface area contributed by atoms with Crippen molar-refractivity contribution in [2.24, 2.45) is 0 Å². The number of rotatable bonds is 10. The van der Waals surface area contributed by atoms with Crippen LogP contribution in [-0.2, 0) is 6.61 Å². The van der Waals surface area contributed by atoms with Gasteiger partial charge in [0.1, 0.15) is 23.4 Å². The lowest BCUT2D eigenvalue weighted by Gasteiger charge is -2.16. The van der Waals surface area contributed by atoms with Gasteiger partial charge in [-0.25, -0.2) is 0 Å². The lowest BCUT2D eigenvalue weighted by molar-refractivity contribution is -0.479. The van der Waals surface area contributed by atoms with E-state index in [1.54, 1.807) is 54.0 Å². The summed E-state index contributed by atoms with van der Waals surface area (Å²) >= 11 is 13.7. The van der Waals surface area contributed by atoms with Gasteiger partial charge in [-0.15, -0.1) is 10.2 Å². The Morgan fingerprint density at radius 3 is 2.46 bits per heavy atom. The first-order chi connectivity index (χ1) is 17.7. The SMILES string of the molecule is Cc1nnc(S[C@@H](C[N+](=O)[O-])c2ccc(OCc3cccc([N+](=O)[O-])c3)c(Cl)c2)n1-c1ccc(Cl)cc1. The number of benzene rings is 3. The van der Waals surface area contributed by atoms with E-state index < -0.39 is 15.1 Å². The molecule has 0 N–H and O–H groups in total. The van der Waals surface area contributed by atoms with Crippen LogP contribution < -0.4 is 4.74 Å². The van der Waals surface area contributed by atoms with E-state index in [0.717, 1.165) is 5.69 Å². The zero-order valence-corrected chi connectivity index (χ0v) is 21.6. The molecule has 0 aliphatic rings. The molecule has 190 valence electrons. The van der Waals surface area contributed by atoms with E-state index in [4.69, 9.17) is 27.9 Å². The minimum atomic E-state index is -0.618. The van der Waals surface area contributed by atoms with E-state index in [9.17, 15) is 20.2 Å². The normalized spacial score (nSPS) is 11.8. The largest absolute Gasteiger partial charge is 0.487 e. The Morgan fingerprint density at radius 2 is 1.78 bits per heavy atom. The van der Waals surface area contributed by atoms with Crippen LogP contribution in [0.4, 0.5) is 5.69 Å². The molecular weight excluding hydrogens is 541 g/mol. The summed E-state index contributed by atoms with van der Waals surface area (Å²) in [5.74, 6) is 0.967. The molecule has 0 bridgehead atoms. The Morgan fingerprint density at radius 1 is 1.03 bits per heavy atom. The quantitative estimate of drug-likeness (QED) is 0.123. The molecule has 1 atom stereocenters. The third kappa shape index (κ3) is 6.56. The van der Waals surface area contributed by atoms with Gasteiger partial charge in [0.25, 0.3) is 5.69 Å². The molecule has 0 spiro atoms. The molecule has 0 amide bonds. The maximum Gasteiger partial charge on any atom is 0.269 e. The van der Waals surface area contributed by atoms with Crippen molar-refractivity contribution in [1.29, 1.82) is 0 Å². The van der Waals surface area contributed by atoms with Crippen molar-refractivity contribution in [1.82, 2.24) is 14.8 Å². The minimum Gasteiger partial charge on any atom is -0.487 e. The highest BCUT2D eigenvalue weighted by molar-refractivity contribution is 7.99. The van der Waals surface area contributed by atoms with Gasteiger partial charge in [-0.05, 0) is 54.4 Å². The Balaban J connectivity index is 1.56. The molecule has 13 heteroatoms. The summed E-state index contributed by atoms with van der Waals surface area (Å²) < 4.78 is 7.55. The summed E-state index contributed by atoms with van der Waals surface area (Å²) in [5.41, 5.74) is 1.95. The van der Waals surface area contributed by atoms with Crippen LogP contribution in [-0.4, -0.2) is 31.2 Å². The van der Waals surface area contributed by atoms with Gasteiger partial charge in [-0.2, -0.15) is 0 Å². The zero-order valence-electron chi connectivity index (χ0n) is 19.3. The number of nitrogens with zero attached hydrogens (tertiary/aromatic N) is 5. The number of aromatic nitrogens is 3. The summed E-state index contributed by atoms with van der Waals surface area (Å²) in [4.78, 5) is 21.6. The highest BCUT2D eigenvalue weighted by Gasteiger charge is 2.24. The molecule has 0 radical (unpaired) electrons.